The molecule has 1 fully saturated rings. The molecule has 0 aliphatic carbocycles. The number of rotatable bonds is 7. The third-order valence-corrected chi connectivity index (χ3v) is 4.34. The average molecular weight is 258 g/mol. The van der Waals surface area contributed by atoms with E-state index in [0.717, 1.165) is 19.4 Å². The first-order valence-corrected chi connectivity index (χ1v) is 8.06. The summed E-state index contributed by atoms with van der Waals surface area (Å²) >= 11 is 1.88. The van der Waals surface area contributed by atoms with E-state index in [9.17, 15) is 4.79 Å². The van der Waals surface area contributed by atoms with Gasteiger partial charge >= 0.3 is 0 Å². The van der Waals surface area contributed by atoms with Gasteiger partial charge in [0.15, 0.2) is 0 Å². The molecule has 1 N–H and O–H groups in total. The fourth-order valence-corrected chi connectivity index (χ4v) is 2.76. The fraction of sp³-hybridized carbons (Fsp3) is 0.923. The number of amides is 1. The monoisotopic (exact) mass is 258 g/mol. The zero-order valence-corrected chi connectivity index (χ0v) is 12.3. The predicted molar refractivity (Wildman–Crippen MR) is 75.2 cm³/mol. The van der Waals surface area contributed by atoms with Crippen molar-refractivity contribution in [1.82, 2.24) is 10.2 Å². The van der Waals surface area contributed by atoms with Gasteiger partial charge in [0.25, 0.3) is 0 Å². The maximum absolute atomic E-state index is 12.2. The van der Waals surface area contributed by atoms with Gasteiger partial charge in [0, 0.05) is 6.54 Å². The zero-order chi connectivity index (χ0) is 12.8. The van der Waals surface area contributed by atoms with Crippen molar-refractivity contribution in [2.75, 3.05) is 18.6 Å². The van der Waals surface area contributed by atoms with Crippen molar-refractivity contribution < 1.29 is 4.79 Å². The van der Waals surface area contributed by atoms with E-state index in [-0.39, 0.29) is 12.2 Å². The van der Waals surface area contributed by atoms with Crippen molar-refractivity contribution in [1.29, 1.82) is 0 Å². The molecule has 0 spiro atoms. The van der Waals surface area contributed by atoms with E-state index in [0.29, 0.717) is 11.8 Å². The van der Waals surface area contributed by atoms with Crippen molar-refractivity contribution in [3.63, 3.8) is 0 Å². The quantitative estimate of drug-likeness (QED) is 0.711. The van der Waals surface area contributed by atoms with Crippen molar-refractivity contribution in [3.05, 3.63) is 0 Å². The van der Waals surface area contributed by atoms with E-state index in [4.69, 9.17) is 0 Å². The van der Waals surface area contributed by atoms with Crippen LogP contribution in [0.25, 0.3) is 0 Å². The van der Waals surface area contributed by atoms with Crippen LogP contribution in [0, 0.1) is 5.92 Å². The molecule has 0 saturated carbocycles. The summed E-state index contributed by atoms with van der Waals surface area (Å²) in [5, 5.41) is 3.42. The van der Waals surface area contributed by atoms with Crippen molar-refractivity contribution in [2.45, 2.75) is 52.2 Å². The molecule has 1 aliphatic rings. The van der Waals surface area contributed by atoms with Crippen LogP contribution in [0.1, 0.15) is 40.0 Å². The van der Waals surface area contributed by atoms with Crippen molar-refractivity contribution >= 4 is 17.7 Å². The minimum atomic E-state index is 0.0375. The fourth-order valence-electron chi connectivity index (χ4n) is 2.27. The Morgan fingerprint density at radius 3 is 2.76 bits per heavy atom. The van der Waals surface area contributed by atoms with E-state index in [1.807, 2.05) is 16.7 Å². The number of hydrogen-bond donors (Lipinski definition) is 1. The van der Waals surface area contributed by atoms with E-state index >= 15 is 0 Å². The number of thioether (sulfide) groups is 1. The van der Waals surface area contributed by atoms with Gasteiger partial charge < -0.3 is 4.90 Å². The molecule has 17 heavy (non-hydrogen) atoms. The van der Waals surface area contributed by atoms with E-state index in [2.05, 4.69) is 32.3 Å². The Morgan fingerprint density at radius 2 is 2.18 bits per heavy atom. The lowest BCUT2D eigenvalue weighted by Gasteiger charge is -2.20. The Labute approximate surface area is 110 Å². The Hall–Kier alpha value is -0.220. The molecule has 0 radical (unpaired) electrons. The second-order valence-corrected chi connectivity index (χ2v) is 5.92. The molecule has 1 aliphatic heterocycles. The largest absolute Gasteiger partial charge is 0.326 e. The highest BCUT2D eigenvalue weighted by molar-refractivity contribution is 7.98. The molecule has 0 aromatic rings. The average Bonchev–Trinajstić information content (AvgIpc) is 2.60. The molecule has 3 nitrogen and oxygen atoms in total. The van der Waals surface area contributed by atoms with Crippen LogP contribution in [0.4, 0.5) is 0 Å². The van der Waals surface area contributed by atoms with Gasteiger partial charge in [-0.3, -0.25) is 10.1 Å². The van der Waals surface area contributed by atoms with Gasteiger partial charge in [-0.05, 0) is 37.7 Å². The first-order valence-electron chi connectivity index (χ1n) is 6.67. The van der Waals surface area contributed by atoms with Gasteiger partial charge in [-0.25, -0.2) is 0 Å². The lowest BCUT2D eigenvalue weighted by molar-refractivity contribution is -0.130. The molecule has 3 unspecified atom stereocenters. The number of carbonyl (C=O) groups is 1. The van der Waals surface area contributed by atoms with Crippen LogP contribution in [-0.2, 0) is 4.79 Å². The Balaban J connectivity index is 2.42. The summed E-state index contributed by atoms with van der Waals surface area (Å²) in [6, 6.07) is 0.0375. The molecule has 4 heteroatoms. The van der Waals surface area contributed by atoms with Crippen LogP contribution in [0.3, 0.4) is 0 Å². The molecule has 1 rings (SSSR count). The normalized spacial score (nSPS) is 26.6. The Bertz CT molecular complexity index is 248. The van der Waals surface area contributed by atoms with E-state index < -0.39 is 0 Å². The van der Waals surface area contributed by atoms with Gasteiger partial charge in [0.05, 0.1) is 12.2 Å². The molecule has 0 bridgehead atoms. The second kappa shape index (κ2) is 7.27. The smallest absolute Gasteiger partial charge is 0.241 e. The zero-order valence-electron chi connectivity index (χ0n) is 11.5. The highest BCUT2D eigenvalue weighted by atomic mass is 32.2. The summed E-state index contributed by atoms with van der Waals surface area (Å²) in [6.07, 6.45) is 5.70. The number of carbonyl (C=O) groups excluding carboxylic acids is 1. The third-order valence-electron chi connectivity index (χ3n) is 3.65. The van der Waals surface area contributed by atoms with Gasteiger partial charge in [-0.1, -0.05) is 20.3 Å². The molecule has 100 valence electrons. The number of nitrogens with zero attached hydrogens (tertiary/aromatic N) is 1. The van der Waals surface area contributed by atoms with E-state index in [1.54, 1.807) is 0 Å². The summed E-state index contributed by atoms with van der Waals surface area (Å²) < 4.78 is 0. The molecule has 1 heterocycles. The maximum Gasteiger partial charge on any atom is 0.241 e. The standard InChI is InChI=1S/C13H26N2OS/c1-5-10(2)12-13(16)15(11(3)14-12)8-6-7-9-17-4/h10-12,14H,5-9H2,1-4H3. The highest BCUT2D eigenvalue weighted by Crippen LogP contribution is 2.19. The minimum absolute atomic E-state index is 0.0375. The predicted octanol–water partition coefficient (Wildman–Crippen LogP) is 2.32. The second-order valence-electron chi connectivity index (χ2n) is 4.94. The van der Waals surface area contributed by atoms with Gasteiger partial charge in [-0.2, -0.15) is 11.8 Å². The van der Waals surface area contributed by atoms with Gasteiger partial charge in [0.2, 0.25) is 5.91 Å². The molecule has 1 saturated heterocycles. The summed E-state index contributed by atoms with van der Waals surface area (Å²) in [7, 11) is 0. The third kappa shape index (κ3) is 3.88. The first-order chi connectivity index (χ1) is 8.11. The minimum Gasteiger partial charge on any atom is -0.326 e. The maximum atomic E-state index is 12.2. The number of hydrogen-bond acceptors (Lipinski definition) is 3. The summed E-state index contributed by atoms with van der Waals surface area (Å²) in [5.74, 6) is 1.93. The SMILES string of the molecule is CCC(C)C1NC(C)N(CCCCSC)C1=O. The Morgan fingerprint density at radius 1 is 1.47 bits per heavy atom. The van der Waals surface area contributed by atoms with Crippen LogP contribution in [0.15, 0.2) is 0 Å². The summed E-state index contributed by atoms with van der Waals surface area (Å²) in [6.45, 7) is 7.29. The van der Waals surface area contributed by atoms with Crippen LogP contribution in [0.5, 0.6) is 0 Å². The molecular weight excluding hydrogens is 232 g/mol. The van der Waals surface area contributed by atoms with E-state index in [1.165, 1.54) is 12.2 Å². The lowest BCUT2D eigenvalue weighted by Crippen LogP contribution is -2.35. The molecule has 0 aromatic carbocycles. The number of unbranched alkanes of at least 4 members (excludes halogenated alkanes) is 1. The molecule has 0 aromatic heterocycles. The van der Waals surface area contributed by atoms with Gasteiger partial charge in [0.1, 0.15) is 0 Å². The van der Waals surface area contributed by atoms with Crippen molar-refractivity contribution in [3.8, 4) is 0 Å². The highest BCUT2D eigenvalue weighted by Gasteiger charge is 2.38. The van der Waals surface area contributed by atoms with Gasteiger partial charge in [-0.15, -0.1) is 0 Å². The van der Waals surface area contributed by atoms with Crippen LogP contribution in [-0.4, -0.2) is 41.6 Å². The van der Waals surface area contributed by atoms with Crippen molar-refractivity contribution in [2.24, 2.45) is 5.92 Å². The Kier molecular flexibility index (Phi) is 6.34. The lowest BCUT2D eigenvalue weighted by atomic mass is 9.99. The number of nitrogens with one attached hydrogen (secondary N) is 1. The van der Waals surface area contributed by atoms with Crippen LogP contribution in [0.2, 0.25) is 0 Å². The van der Waals surface area contributed by atoms with Crippen LogP contribution < -0.4 is 5.32 Å². The summed E-state index contributed by atoms with van der Waals surface area (Å²) in [4.78, 5) is 14.2. The summed E-state index contributed by atoms with van der Waals surface area (Å²) in [5.41, 5.74) is 0. The van der Waals surface area contributed by atoms with Crippen LogP contribution >= 0.6 is 11.8 Å². The molecule has 3 atom stereocenters. The molecule has 1 amide bonds. The molecular formula is C13H26N2OS. The topological polar surface area (TPSA) is 32.3 Å². The first kappa shape index (κ1) is 14.8.